The molecule has 22 heavy (non-hydrogen) atoms. The molecule has 5 rings (SSSR count). The standard InChI is InChI=1S/C19H24N2O/c1-2-19-9-7-16-14(13-5-3-4-6-15(13)20-16)8-10-21(12-19)11-17-18(19)22-17/h3-6,17-18,20H,2,7-12H2,1H3/t17-,18-,19+/m0/s1. The SMILES string of the molecule is CC[C@]12CCc3[nH]c4ccccc4c3CCN(C[C@@H]3O[C@@H]31)C2. The lowest BCUT2D eigenvalue weighted by atomic mass is 9.73. The largest absolute Gasteiger partial charge is 0.368 e. The highest BCUT2D eigenvalue weighted by Crippen LogP contribution is 2.49. The lowest BCUT2D eigenvalue weighted by Crippen LogP contribution is -2.48. The maximum atomic E-state index is 6.03. The second-order valence-electron chi connectivity index (χ2n) is 7.42. The van der Waals surface area contributed by atoms with Crippen molar-refractivity contribution >= 4 is 10.9 Å². The second kappa shape index (κ2) is 4.59. The van der Waals surface area contributed by atoms with Crippen LogP contribution in [0.25, 0.3) is 10.9 Å². The van der Waals surface area contributed by atoms with E-state index in [-0.39, 0.29) is 0 Å². The van der Waals surface area contributed by atoms with E-state index in [2.05, 4.69) is 41.1 Å². The van der Waals surface area contributed by atoms with E-state index in [1.165, 1.54) is 42.5 Å². The molecule has 0 aliphatic carbocycles. The fourth-order valence-corrected chi connectivity index (χ4v) is 4.95. The summed E-state index contributed by atoms with van der Waals surface area (Å²) in [6, 6.07) is 8.79. The molecule has 3 aliphatic heterocycles. The number of benzene rings is 1. The third kappa shape index (κ3) is 1.82. The summed E-state index contributed by atoms with van der Waals surface area (Å²) < 4.78 is 6.03. The number of nitrogens with one attached hydrogen (secondary N) is 1. The normalized spacial score (nSPS) is 36.9. The Kier molecular flexibility index (Phi) is 2.74. The van der Waals surface area contributed by atoms with Crippen LogP contribution in [0.2, 0.25) is 0 Å². The zero-order chi connectivity index (χ0) is 14.7. The quantitative estimate of drug-likeness (QED) is 0.820. The van der Waals surface area contributed by atoms with Gasteiger partial charge < -0.3 is 9.72 Å². The molecule has 2 aromatic rings. The predicted molar refractivity (Wildman–Crippen MR) is 88.1 cm³/mol. The average molecular weight is 296 g/mol. The third-order valence-electron chi connectivity index (χ3n) is 6.32. The molecule has 0 saturated carbocycles. The average Bonchev–Trinajstić information content (AvgIpc) is 3.23. The monoisotopic (exact) mass is 296 g/mol. The number of aromatic amines is 1. The Hall–Kier alpha value is -1.32. The number of H-pyrrole nitrogens is 1. The zero-order valence-corrected chi connectivity index (χ0v) is 13.3. The van der Waals surface area contributed by atoms with Crippen LogP contribution in [0.4, 0.5) is 0 Å². The molecule has 1 aromatic carbocycles. The Balaban J connectivity index is 1.57. The van der Waals surface area contributed by atoms with E-state index in [0.717, 1.165) is 19.4 Å². The van der Waals surface area contributed by atoms with Crippen molar-refractivity contribution in [2.45, 2.75) is 44.8 Å². The highest BCUT2D eigenvalue weighted by Gasteiger charge is 2.57. The van der Waals surface area contributed by atoms with Gasteiger partial charge in [0, 0.05) is 41.6 Å². The first-order valence-electron chi connectivity index (χ1n) is 8.75. The van der Waals surface area contributed by atoms with Gasteiger partial charge >= 0.3 is 0 Å². The molecule has 2 saturated heterocycles. The maximum absolute atomic E-state index is 6.03. The van der Waals surface area contributed by atoms with Crippen LogP contribution in [0.1, 0.15) is 31.0 Å². The number of para-hydroxylation sites is 1. The predicted octanol–water partition coefficient (Wildman–Crippen LogP) is 3.14. The summed E-state index contributed by atoms with van der Waals surface area (Å²) >= 11 is 0. The summed E-state index contributed by atoms with van der Waals surface area (Å²) in [5, 5.41) is 1.43. The van der Waals surface area contributed by atoms with E-state index in [0.29, 0.717) is 17.6 Å². The number of hydrogen-bond acceptors (Lipinski definition) is 2. The highest BCUT2D eigenvalue weighted by atomic mass is 16.6. The Labute approximate surface area is 131 Å². The maximum Gasteiger partial charge on any atom is 0.0974 e. The number of nitrogens with zero attached hydrogens (tertiary/aromatic N) is 1. The first-order chi connectivity index (χ1) is 10.8. The van der Waals surface area contributed by atoms with Crippen LogP contribution in [-0.2, 0) is 17.6 Å². The second-order valence-corrected chi connectivity index (χ2v) is 7.42. The Morgan fingerprint density at radius 1 is 1.32 bits per heavy atom. The van der Waals surface area contributed by atoms with E-state index in [1.807, 2.05) is 0 Å². The fourth-order valence-electron chi connectivity index (χ4n) is 4.95. The van der Waals surface area contributed by atoms with Crippen LogP contribution in [0.5, 0.6) is 0 Å². The summed E-state index contributed by atoms with van der Waals surface area (Å²) in [7, 11) is 0. The molecule has 3 heteroatoms. The number of fused-ring (bicyclic) bond motifs is 7. The van der Waals surface area contributed by atoms with Gasteiger partial charge in [0.15, 0.2) is 0 Å². The number of epoxide rings is 1. The molecule has 1 N–H and O–H groups in total. The summed E-state index contributed by atoms with van der Waals surface area (Å²) in [6.07, 6.45) is 5.86. The van der Waals surface area contributed by atoms with Gasteiger partial charge in [-0.1, -0.05) is 25.1 Å². The summed E-state index contributed by atoms with van der Waals surface area (Å²) in [6.45, 7) is 5.90. The molecule has 0 spiro atoms. The molecule has 0 radical (unpaired) electrons. The van der Waals surface area contributed by atoms with Crippen molar-refractivity contribution in [1.82, 2.24) is 9.88 Å². The molecule has 3 aliphatic rings. The molecule has 3 nitrogen and oxygen atoms in total. The first-order valence-corrected chi connectivity index (χ1v) is 8.75. The van der Waals surface area contributed by atoms with Crippen LogP contribution >= 0.6 is 0 Å². The van der Waals surface area contributed by atoms with Crippen LogP contribution in [0.3, 0.4) is 0 Å². The number of piperidine rings is 1. The third-order valence-corrected chi connectivity index (χ3v) is 6.32. The van der Waals surface area contributed by atoms with Gasteiger partial charge in [-0.05, 0) is 37.3 Å². The molecule has 0 amide bonds. The van der Waals surface area contributed by atoms with Gasteiger partial charge in [0.2, 0.25) is 0 Å². The number of ether oxygens (including phenoxy) is 1. The van der Waals surface area contributed by atoms with Crippen LogP contribution in [-0.4, -0.2) is 41.7 Å². The first kappa shape index (κ1) is 13.1. The highest BCUT2D eigenvalue weighted by molar-refractivity contribution is 5.84. The summed E-state index contributed by atoms with van der Waals surface area (Å²) in [4.78, 5) is 6.36. The Bertz CT molecular complexity index is 721. The molecule has 4 atom stereocenters. The minimum atomic E-state index is 0.377. The van der Waals surface area contributed by atoms with E-state index >= 15 is 0 Å². The molecule has 116 valence electrons. The number of aromatic nitrogens is 1. The number of hydrogen-bond donors (Lipinski definition) is 1. The molecule has 2 fully saturated rings. The van der Waals surface area contributed by atoms with E-state index in [9.17, 15) is 0 Å². The molecular formula is C19H24N2O. The lowest BCUT2D eigenvalue weighted by molar-refractivity contribution is 0.0955. The minimum absolute atomic E-state index is 0.377. The van der Waals surface area contributed by atoms with Gasteiger partial charge in [0.25, 0.3) is 0 Å². The lowest BCUT2D eigenvalue weighted by Gasteiger charge is -2.39. The van der Waals surface area contributed by atoms with Gasteiger partial charge in [-0.15, -0.1) is 0 Å². The Morgan fingerprint density at radius 3 is 3.14 bits per heavy atom. The van der Waals surface area contributed by atoms with Crippen molar-refractivity contribution in [3.8, 4) is 0 Å². The number of rotatable bonds is 1. The van der Waals surface area contributed by atoms with E-state index < -0.39 is 0 Å². The van der Waals surface area contributed by atoms with Crippen LogP contribution < -0.4 is 0 Å². The van der Waals surface area contributed by atoms with E-state index in [4.69, 9.17) is 4.74 Å². The molecule has 4 heterocycles. The van der Waals surface area contributed by atoms with Crippen molar-refractivity contribution in [1.29, 1.82) is 0 Å². The van der Waals surface area contributed by atoms with Crippen molar-refractivity contribution in [3.63, 3.8) is 0 Å². The topological polar surface area (TPSA) is 31.6 Å². The molecule has 2 bridgehead atoms. The smallest absolute Gasteiger partial charge is 0.0974 e. The van der Waals surface area contributed by atoms with Crippen molar-refractivity contribution in [2.24, 2.45) is 5.41 Å². The molecular weight excluding hydrogens is 272 g/mol. The van der Waals surface area contributed by atoms with E-state index in [1.54, 1.807) is 5.56 Å². The fraction of sp³-hybridized carbons (Fsp3) is 0.579. The van der Waals surface area contributed by atoms with Gasteiger partial charge in [-0.25, -0.2) is 0 Å². The number of aryl methyl sites for hydroxylation is 1. The summed E-state index contributed by atoms with van der Waals surface area (Å²) in [5.41, 5.74) is 4.71. The molecule has 1 unspecified atom stereocenters. The molecule has 1 aromatic heterocycles. The van der Waals surface area contributed by atoms with Crippen molar-refractivity contribution in [3.05, 3.63) is 35.5 Å². The Morgan fingerprint density at radius 2 is 2.23 bits per heavy atom. The minimum Gasteiger partial charge on any atom is -0.368 e. The summed E-state index contributed by atoms with van der Waals surface area (Å²) in [5.74, 6) is 0. The zero-order valence-electron chi connectivity index (χ0n) is 13.3. The van der Waals surface area contributed by atoms with Crippen molar-refractivity contribution in [2.75, 3.05) is 19.6 Å². The van der Waals surface area contributed by atoms with Crippen molar-refractivity contribution < 1.29 is 4.74 Å². The van der Waals surface area contributed by atoms with Gasteiger partial charge in [-0.3, -0.25) is 4.90 Å². The van der Waals surface area contributed by atoms with Gasteiger partial charge in [-0.2, -0.15) is 0 Å². The van der Waals surface area contributed by atoms with Gasteiger partial charge in [0.1, 0.15) is 0 Å². The van der Waals surface area contributed by atoms with Crippen LogP contribution in [0, 0.1) is 5.41 Å². The van der Waals surface area contributed by atoms with Gasteiger partial charge in [0.05, 0.1) is 12.2 Å². The van der Waals surface area contributed by atoms with Crippen LogP contribution in [0.15, 0.2) is 24.3 Å².